The predicted octanol–water partition coefficient (Wildman–Crippen LogP) is 4.60. The van der Waals surface area contributed by atoms with Crippen LogP contribution in [0.1, 0.15) is 33.3 Å². The lowest BCUT2D eigenvalue weighted by atomic mass is 9.88. The van der Waals surface area contributed by atoms with Gasteiger partial charge in [-0.05, 0) is 23.6 Å². The molecule has 1 nitrogen and oxygen atoms in total. The lowest BCUT2D eigenvalue weighted by Crippen LogP contribution is -2.42. The summed E-state index contributed by atoms with van der Waals surface area (Å²) in [6, 6.07) is 8.63. The third-order valence-electron chi connectivity index (χ3n) is 3.00. The van der Waals surface area contributed by atoms with Gasteiger partial charge in [-0.3, -0.25) is 0 Å². The van der Waals surface area contributed by atoms with Crippen molar-refractivity contribution >= 4 is 23.4 Å². The summed E-state index contributed by atoms with van der Waals surface area (Å²) in [7, 11) is 0. The number of hydrogen-bond donors (Lipinski definition) is 1. The van der Waals surface area contributed by atoms with Crippen LogP contribution in [0.5, 0.6) is 0 Å². The summed E-state index contributed by atoms with van der Waals surface area (Å²) >= 11 is 8.11. The Morgan fingerprint density at radius 1 is 1.28 bits per heavy atom. The van der Waals surface area contributed by atoms with E-state index in [0.29, 0.717) is 11.5 Å². The van der Waals surface area contributed by atoms with Gasteiger partial charge >= 0.3 is 0 Å². The van der Waals surface area contributed by atoms with Crippen LogP contribution in [-0.2, 0) is 5.75 Å². The molecule has 1 N–H and O–H groups in total. The molecule has 0 saturated heterocycles. The Morgan fingerprint density at radius 2 is 1.94 bits per heavy atom. The Labute approximate surface area is 121 Å². The van der Waals surface area contributed by atoms with E-state index in [2.05, 4.69) is 39.1 Å². The minimum absolute atomic E-state index is 0.295. The molecule has 1 aromatic rings. The van der Waals surface area contributed by atoms with Crippen molar-refractivity contribution in [2.24, 2.45) is 5.41 Å². The van der Waals surface area contributed by atoms with Crippen molar-refractivity contribution in [1.82, 2.24) is 5.32 Å². The van der Waals surface area contributed by atoms with Crippen molar-refractivity contribution in [3.63, 3.8) is 0 Å². The Bertz CT molecular complexity index is 360. The standard InChI is InChI=1S/C15H24ClNS/c1-5-17-14(15(2,3)4)11-18-10-12-8-6-7-9-13(12)16/h6-9,14,17H,5,10-11H2,1-4H3. The van der Waals surface area contributed by atoms with Crippen LogP contribution >= 0.6 is 23.4 Å². The molecular formula is C15H24ClNS. The molecule has 0 aromatic heterocycles. The molecule has 3 heteroatoms. The summed E-state index contributed by atoms with van der Waals surface area (Å²) in [5, 5.41) is 4.45. The van der Waals surface area contributed by atoms with Crippen molar-refractivity contribution in [2.45, 2.75) is 39.5 Å². The quantitative estimate of drug-likeness (QED) is 0.820. The minimum Gasteiger partial charge on any atom is -0.313 e. The minimum atomic E-state index is 0.295. The van der Waals surface area contributed by atoms with Crippen LogP contribution in [0.15, 0.2) is 24.3 Å². The summed E-state index contributed by atoms with van der Waals surface area (Å²) < 4.78 is 0. The molecule has 0 bridgehead atoms. The van der Waals surface area contributed by atoms with Gasteiger partial charge in [0.2, 0.25) is 0 Å². The van der Waals surface area contributed by atoms with Gasteiger partial charge in [0.15, 0.2) is 0 Å². The molecule has 0 heterocycles. The summed E-state index contributed by atoms with van der Waals surface area (Å²) in [5.41, 5.74) is 1.53. The van der Waals surface area contributed by atoms with Gasteiger partial charge in [-0.1, -0.05) is 57.5 Å². The Morgan fingerprint density at radius 3 is 2.50 bits per heavy atom. The van der Waals surface area contributed by atoms with Crippen molar-refractivity contribution in [3.05, 3.63) is 34.9 Å². The fraction of sp³-hybridized carbons (Fsp3) is 0.600. The van der Waals surface area contributed by atoms with E-state index in [-0.39, 0.29) is 0 Å². The van der Waals surface area contributed by atoms with Gasteiger partial charge in [0.05, 0.1) is 0 Å². The summed E-state index contributed by atoms with van der Waals surface area (Å²) in [6.07, 6.45) is 0. The van der Waals surface area contributed by atoms with Gasteiger partial charge < -0.3 is 5.32 Å². The first kappa shape index (κ1) is 15.9. The highest BCUT2D eigenvalue weighted by Gasteiger charge is 2.23. The maximum absolute atomic E-state index is 6.16. The molecule has 1 rings (SSSR count). The second-order valence-electron chi connectivity index (χ2n) is 5.58. The van der Waals surface area contributed by atoms with Crippen LogP contribution in [0.25, 0.3) is 0 Å². The SMILES string of the molecule is CCNC(CSCc1ccccc1Cl)C(C)(C)C. The molecule has 18 heavy (non-hydrogen) atoms. The van der Waals surface area contributed by atoms with Crippen LogP contribution in [0.2, 0.25) is 5.02 Å². The molecule has 1 unspecified atom stereocenters. The summed E-state index contributed by atoms with van der Waals surface area (Å²) in [6.45, 7) is 10.1. The Hall–Kier alpha value is -0.180. The van der Waals surface area contributed by atoms with E-state index in [4.69, 9.17) is 11.6 Å². The van der Waals surface area contributed by atoms with Crippen LogP contribution < -0.4 is 5.32 Å². The number of benzene rings is 1. The number of halogens is 1. The van der Waals surface area contributed by atoms with E-state index in [9.17, 15) is 0 Å². The van der Waals surface area contributed by atoms with Crippen LogP contribution in [0.3, 0.4) is 0 Å². The highest BCUT2D eigenvalue weighted by Crippen LogP contribution is 2.26. The van der Waals surface area contributed by atoms with Gasteiger partial charge in [0.25, 0.3) is 0 Å². The zero-order chi connectivity index (χ0) is 13.6. The van der Waals surface area contributed by atoms with Crippen molar-refractivity contribution in [1.29, 1.82) is 0 Å². The van der Waals surface area contributed by atoms with Crippen LogP contribution in [0.4, 0.5) is 0 Å². The topological polar surface area (TPSA) is 12.0 Å². The Balaban J connectivity index is 2.47. The largest absolute Gasteiger partial charge is 0.313 e. The van der Waals surface area contributed by atoms with Gasteiger partial charge in [0.1, 0.15) is 0 Å². The highest BCUT2D eigenvalue weighted by atomic mass is 35.5. The van der Waals surface area contributed by atoms with E-state index < -0.39 is 0 Å². The normalized spacial score (nSPS) is 13.6. The van der Waals surface area contributed by atoms with Crippen molar-refractivity contribution in [3.8, 4) is 0 Å². The number of thioether (sulfide) groups is 1. The predicted molar refractivity (Wildman–Crippen MR) is 84.5 cm³/mol. The first-order chi connectivity index (χ1) is 8.45. The third kappa shape index (κ3) is 5.21. The highest BCUT2D eigenvalue weighted by molar-refractivity contribution is 7.98. The molecule has 0 aliphatic heterocycles. The summed E-state index contributed by atoms with van der Waals surface area (Å²) in [5.74, 6) is 2.10. The monoisotopic (exact) mass is 285 g/mol. The molecule has 0 aliphatic rings. The van der Waals surface area contributed by atoms with Crippen molar-refractivity contribution < 1.29 is 0 Å². The maximum Gasteiger partial charge on any atom is 0.0446 e. The average molecular weight is 286 g/mol. The number of hydrogen-bond acceptors (Lipinski definition) is 2. The number of rotatable bonds is 6. The number of nitrogens with one attached hydrogen (secondary N) is 1. The zero-order valence-corrected chi connectivity index (χ0v) is 13.4. The molecule has 1 atom stereocenters. The fourth-order valence-corrected chi connectivity index (χ4v) is 3.49. The van der Waals surface area contributed by atoms with Crippen LogP contribution in [0, 0.1) is 5.41 Å². The van der Waals surface area contributed by atoms with Gasteiger partial charge in [-0.2, -0.15) is 11.8 Å². The first-order valence-corrected chi connectivity index (χ1v) is 8.03. The zero-order valence-electron chi connectivity index (χ0n) is 11.8. The van der Waals surface area contributed by atoms with E-state index in [1.807, 2.05) is 30.0 Å². The van der Waals surface area contributed by atoms with Crippen LogP contribution in [-0.4, -0.2) is 18.3 Å². The molecule has 102 valence electrons. The van der Waals surface area contributed by atoms with Gasteiger partial charge in [0, 0.05) is 22.6 Å². The lowest BCUT2D eigenvalue weighted by Gasteiger charge is -2.31. The lowest BCUT2D eigenvalue weighted by molar-refractivity contribution is 0.295. The van der Waals surface area contributed by atoms with Crippen molar-refractivity contribution in [2.75, 3.05) is 12.3 Å². The van der Waals surface area contributed by atoms with E-state index in [1.165, 1.54) is 5.56 Å². The molecule has 0 radical (unpaired) electrons. The van der Waals surface area contributed by atoms with Gasteiger partial charge in [-0.25, -0.2) is 0 Å². The van der Waals surface area contributed by atoms with E-state index in [0.717, 1.165) is 23.1 Å². The molecule has 0 aliphatic carbocycles. The van der Waals surface area contributed by atoms with Gasteiger partial charge in [-0.15, -0.1) is 0 Å². The molecular weight excluding hydrogens is 262 g/mol. The molecule has 0 fully saturated rings. The third-order valence-corrected chi connectivity index (χ3v) is 4.45. The first-order valence-electron chi connectivity index (χ1n) is 6.49. The van der Waals surface area contributed by atoms with E-state index in [1.54, 1.807) is 0 Å². The molecule has 0 saturated carbocycles. The molecule has 0 amide bonds. The second-order valence-corrected chi connectivity index (χ2v) is 7.02. The fourth-order valence-electron chi connectivity index (χ4n) is 1.76. The average Bonchev–Trinajstić information content (AvgIpc) is 2.29. The Kier molecular flexibility index (Phi) is 6.54. The molecule has 1 aromatic carbocycles. The maximum atomic E-state index is 6.16. The van der Waals surface area contributed by atoms with E-state index >= 15 is 0 Å². The summed E-state index contributed by atoms with van der Waals surface area (Å²) in [4.78, 5) is 0. The second kappa shape index (κ2) is 7.42. The smallest absolute Gasteiger partial charge is 0.0446 e. The molecule has 0 spiro atoms.